The number of unbranched alkanes of at least 4 members (excludes halogenated alkanes) is 1. The maximum absolute atomic E-state index is 10.3. The Kier molecular flexibility index (Phi) is 5.69. The van der Waals surface area contributed by atoms with E-state index in [-0.39, 0.29) is 6.42 Å². The Labute approximate surface area is 105 Å². The van der Waals surface area contributed by atoms with Crippen molar-refractivity contribution in [3.8, 4) is 5.75 Å². The van der Waals surface area contributed by atoms with Gasteiger partial charge in [0.2, 0.25) is 0 Å². The fourth-order valence-electron chi connectivity index (χ4n) is 1.36. The van der Waals surface area contributed by atoms with E-state index < -0.39 is 5.97 Å². The number of methoxy groups -OCH3 is 1. The summed E-state index contributed by atoms with van der Waals surface area (Å²) in [5.74, 6) is 0.918. The lowest BCUT2D eigenvalue weighted by molar-refractivity contribution is -0.137. The van der Waals surface area contributed by atoms with E-state index in [0.717, 1.165) is 22.8 Å². The minimum absolute atomic E-state index is 0.236. The summed E-state index contributed by atoms with van der Waals surface area (Å²) in [6.07, 6.45) is 1.82. The zero-order chi connectivity index (χ0) is 12.7. The Morgan fingerprint density at radius 1 is 1.47 bits per heavy atom. The number of rotatable bonds is 7. The molecule has 0 saturated heterocycles. The molecule has 0 saturated carbocycles. The lowest BCUT2D eigenvalue weighted by Gasteiger charge is -2.08. The Morgan fingerprint density at radius 2 is 2.24 bits per heavy atom. The molecule has 94 valence electrons. The number of nitrogen functional groups attached to an aromatic ring is 1. The van der Waals surface area contributed by atoms with E-state index >= 15 is 0 Å². The summed E-state index contributed by atoms with van der Waals surface area (Å²) in [6, 6.07) is 5.55. The molecular weight excluding hydrogens is 238 g/mol. The van der Waals surface area contributed by atoms with Gasteiger partial charge < -0.3 is 15.6 Å². The first-order valence-corrected chi connectivity index (χ1v) is 6.40. The number of anilines is 1. The van der Waals surface area contributed by atoms with Crippen LogP contribution in [0.15, 0.2) is 23.1 Å². The number of carbonyl (C=O) groups is 1. The van der Waals surface area contributed by atoms with Gasteiger partial charge in [0.25, 0.3) is 0 Å². The third-order valence-electron chi connectivity index (χ3n) is 2.23. The lowest BCUT2D eigenvalue weighted by atomic mass is 10.2. The largest absolute Gasteiger partial charge is 0.496 e. The number of carboxylic acid groups (broad SMARTS) is 1. The summed E-state index contributed by atoms with van der Waals surface area (Å²) in [5.41, 5.74) is 6.34. The molecule has 1 rings (SSSR count). The van der Waals surface area contributed by atoms with E-state index in [1.807, 2.05) is 12.1 Å². The second kappa shape index (κ2) is 7.06. The van der Waals surface area contributed by atoms with Crippen LogP contribution in [0.2, 0.25) is 0 Å². The van der Waals surface area contributed by atoms with E-state index in [9.17, 15) is 4.79 Å². The van der Waals surface area contributed by atoms with Crippen LogP contribution in [0.5, 0.6) is 5.75 Å². The maximum Gasteiger partial charge on any atom is 0.303 e. The van der Waals surface area contributed by atoms with Gasteiger partial charge in [0.1, 0.15) is 5.75 Å². The van der Waals surface area contributed by atoms with Crippen LogP contribution in [0, 0.1) is 0 Å². The standard InChI is InChI=1S/C12H17NO3S/c1-16-10-8-9(13)5-6-11(10)17-7-3-2-4-12(14)15/h5-6,8H,2-4,7,13H2,1H3,(H,14,15). The van der Waals surface area contributed by atoms with Crippen LogP contribution in [-0.4, -0.2) is 23.9 Å². The monoisotopic (exact) mass is 255 g/mol. The zero-order valence-electron chi connectivity index (χ0n) is 9.81. The molecule has 0 amide bonds. The third kappa shape index (κ3) is 4.99. The van der Waals surface area contributed by atoms with Gasteiger partial charge in [0.05, 0.1) is 7.11 Å². The Balaban J connectivity index is 2.38. The highest BCUT2D eigenvalue weighted by molar-refractivity contribution is 7.99. The number of hydrogen-bond donors (Lipinski definition) is 2. The summed E-state index contributed by atoms with van der Waals surface area (Å²) in [6.45, 7) is 0. The molecule has 0 aromatic heterocycles. The van der Waals surface area contributed by atoms with Gasteiger partial charge in [-0.25, -0.2) is 0 Å². The average molecular weight is 255 g/mol. The highest BCUT2D eigenvalue weighted by atomic mass is 32.2. The van der Waals surface area contributed by atoms with E-state index in [0.29, 0.717) is 12.1 Å². The zero-order valence-corrected chi connectivity index (χ0v) is 10.6. The highest BCUT2D eigenvalue weighted by Crippen LogP contribution is 2.31. The van der Waals surface area contributed by atoms with E-state index in [1.54, 1.807) is 24.9 Å². The smallest absolute Gasteiger partial charge is 0.303 e. The Hall–Kier alpha value is -1.36. The topological polar surface area (TPSA) is 72.5 Å². The molecule has 0 aliphatic carbocycles. The first-order valence-electron chi connectivity index (χ1n) is 5.41. The van der Waals surface area contributed by atoms with E-state index in [1.165, 1.54) is 0 Å². The maximum atomic E-state index is 10.3. The predicted octanol–water partition coefficient (Wildman–Crippen LogP) is 2.62. The molecule has 0 radical (unpaired) electrons. The van der Waals surface area contributed by atoms with E-state index in [2.05, 4.69) is 0 Å². The molecule has 0 heterocycles. The van der Waals surface area contributed by atoms with Crippen LogP contribution < -0.4 is 10.5 Å². The van der Waals surface area contributed by atoms with Crippen molar-refractivity contribution < 1.29 is 14.6 Å². The molecule has 4 nitrogen and oxygen atoms in total. The van der Waals surface area contributed by atoms with Crippen molar-refractivity contribution in [2.24, 2.45) is 0 Å². The molecule has 0 unspecified atom stereocenters. The molecule has 3 N–H and O–H groups in total. The van der Waals surface area contributed by atoms with E-state index in [4.69, 9.17) is 15.6 Å². The summed E-state index contributed by atoms with van der Waals surface area (Å²) in [5, 5.41) is 8.50. The van der Waals surface area contributed by atoms with Crippen LogP contribution in [0.1, 0.15) is 19.3 Å². The van der Waals surface area contributed by atoms with Crippen LogP contribution in [-0.2, 0) is 4.79 Å². The second-order valence-electron chi connectivity index (χ2n) is 3.61. The normalized spacial score (nSPS) is 10.2. The number of nitrogens with two attached hydrogens (primary N) is 1. The molecule has 5 heteroatoms. The van der Waals surface area contributed by atoms with Crippen LogP contribution in [0.4, 0.5) is 5.69 Å². The van der Waals surface area contributed by atoms with Crippen molar-refractivity contribution >= 4 is 23.4 Å². The molecule has 0 fully saturated rings. The molecule has 0 aliphatic rings. The Bertz CT molecular complexity index is 382. The minimum Gasteiger partial charge on any atom is -0.496 e. The lowest BCUT2D eigenvalue weighted by Crippen LogP contribution is -1.94. The van der Waals surface area contributed by atoms with Crippen LogP contribution in [0.25, 0.3) is 0 Å². The van der Waals surface area contributed by atoms with Gasteiger partial charge in [-0.2, -0.15) is 0 Å². The van der Waals surface area contributed by atoms with Crippen molar-refractivity contribution in [1.82, 2.24) is 0 Å². The van der Waals surface area contributed by atoms with Gasteiger partial charge in [-0.1, -0.05) is 0 Å². The molecule has 1 aromatic carbocycles. The number of ether oxygens (including phenoxy) is 1. The molecular formula is C12H17NO3S. The SMILES string of the molecule is COc1cc(N)ccc1SCCCCC(=O)O. The van der Waals surface area contributed by atoms with Crippen molar-refractivity contribution in [2.75, 3.05) is 18.6 Å². The highest BCUT2D eigenvalue weighted by Gasteiger charge is 2.04. The molecule has 0 spiro atoms. The molecule has 0 atom stereocenters. The summed E-state index contributed by atoms with van der Waals surface area (Å²) in [4.78, 5) is 11.4. The van der Waals surface area contributed by atoms with Gasteiger partial charge in [-0.3, -0.25) is 4.79 Å². The van der Waals surface area contributed by atoms with Crippen molar-refractivity contribution in [2.45, 2.75) is 24.2 Å². The van der Waals surface area contributed by atoms with Gasteiger partial charge in [-0.15, -0.1) is 11.8 Å². The summed E-state index contributed by atoms with van der Waals surface area (Å²) in [7, 11) is 1.61. The van der Waals surface area contributed by atoms with Crippen molar-refractivity contribution in [1.29, 1.82) is 0 Å². The molecule has 0 bridgehead atoms. The summed E-state index contributed by atoms with van der Waals surface area (Å²) >= 11 is 1.66. The molecule has 17 heavy (non-hydrogen) atoms. The number of thioether (sulfide) groups is 1. The second-order valence-corrected chi connectivity index (χ2v) is 4.75. The number of aliphatic carboxylic acids is 1. The quantitative estimate of drug-likeness (QED) is 0.445. The van der Waals surface area contributed by atoms with Gasteiger partial charge in [0.15, 0.2) is 0 Å². The predicted molar refractivity (Wildman–Crippen MR) is 69.6 cm³/mol. The number of hydrogen-bond acceptors (Lipinski definition) is 4. The van der Waals surface area contributed by atoms with Gasteiger partial charge in [-0.05, 0) is 30.7 Å². The third-order valence-corrected chi connectivity index (χ3v) is 3.37. The Morgan fingerprint density at radius 3 is 2.88 bits per heavy atom. The first kappa shape index (κ1) is 13.7. The molecule has 1 aromatic rings. The minimum atomic E-state index is -0.736. The fourth-order valence-corrected chi connectivity index (χ4v) is 2.38. The number of carboxylic acids is 1. The van der Waals surface area contributed by atoms with Gasteiger partial charge in [0, 0.05) is 23.1 Å². The van der Waals surface area contributed by atoms with Crippen LogP contribution in [0.3, 0.4) is 0 Å². The fraction of sp³-hybridized carbons (Fsp3) is 0.417. The van der Waals surface area contributed by atoms with Gasteiger partial charge >= 0.3 is 5.97 Å². The van der Waals surface area contributed by atoms with Crippen molar-refractivity contribution in [3.05, 3.63) is 18.2 Å². The van der Waals surface area contributed by atoms with Crippen LogP contribution >= 0.6 is 11.8 Å². The van der Waals surface area contributed by atoms with Crippen molar-refractivity contribution in [3.63, 3.8) is 0 Å². The number of benzene rings is 1. The first-order chi connectivity index (χ1) is 8.13. The average Bonchev–Trinajstić information content (AvgIpc) is 2.29. The molecule has 0 aliphatic heterocycles. The summed E-state index contributed by atoms with van der Waals surface area (Å²) < 4.78 is 5.23.